The van der Waals surface area contributed by atoms with Crippen LogP contribution in [0.1, 0.15) is 23.2 Å². The van der Waals surface area contributed by atoms with Gasteiger partial charge in [-0.2, -0.15) is 11.3 Å². The third kappa shape index (κ3) is 3.85. The zero-order valence-electron chi connectivity index (χ0n) is 15.4. The molecule has 0 saturated carbocycles. The summed E-state index contributed by atoms with van der Waals surface area (Å²) in [5.74, 6) is 0.788. The van der Waals surface area contributed by atoms with Crippen LogP contribution in [0.5, 0.6) is 0 Å². The van der Waals surface area contributed by atoms with Crippen molar-refractivity contribution in [2.45, 2.75) is 18.9 Å². The smallest absolute Gasteiger partial charge is 0.257 e. The first-order chi connectivity index (χ1) is 12.0. The summed E-state index contributed by atoms with van der Waals surface area (Å²) < 4.78 is 0. The lowest BCUT2D eigenvalue weighted by atomic mass is 10.0. The molecular formula is C19H26N4OS. The fourth-order valence-electron chi connectivity index (χ4n) is 3.27. The second-order valence-corrected chi connectivity index (χ2v) is 7.70. The molecule has 0 bridgehead atoms. The zero-order valence-corrected chi connectivity index (χ0v) is 16.2. The molecule has 25 heavy (non-hydrogen) atoms. The molecule has 0 unspecified atom stereocenters. The Kier molecular flexibility index (Phi) is 5.39. The van der Waals surface area contributed by atoms with E-state index in [1.165, 1.54) is 0 Å². The topological polar surface area (TPSA) is 39.7 Å². The van der Waals surface area contributed by atoms with Gasteiger partial charge < -0.3 is 14.7 Å². The number of carbonyl (C=O) groups is 1. The van der Waals surface area contributed by atoms with Gasteiger partial charge in [0.05, 0.1) is 11.3 Å². The number of anilines is 1. The van der Waals surface area contributed by atoms with Crippen molar-refractivity contribution in [1.29, 1.82) is 0 Å². The number of likely N-dealkylation sites (tertiary alicyclic amines) is 1. The van der Waals surface area contributed by atoms with Gasteiger partial charge in [0.2, 0.25) is 0 Å². The standard InChI is InChI=1S/C19H26N4OS/c1-21(2)18-16(5-6-17(20-18)14-9-12-25-13-14)19(24)23(4)15-7-10-22(3)11-8-15/h5-6,9,12-13,15H,7-8,10-11H2,1-4H3. The van der Waals surface area contributed by atoms with E-state index in [0.29, 0.717) is 11.6 Å². The van der Waals surface area contributed by atoms with Crippen LogP contribution in [0, 0.1) is 0 Å². The van der Waals surface area contributed by atoms with Crippen LogP contribution in [0.2, 0.25) is 0 Å². The Hall–Kier alpha value is -1.92. The van der Waals surface area contributed by atoms with Crippen LogP contribution in [-0.2, 0) is 0 Å². The summed E-state index contributed by atoms with van der Waals surface area (Å²) in [7, 11) is 7.93. The number of amides is 1. The molecule has 0 radical (unpaired) electrons. The Morgan fingerprint density at radius 1 is 1.20 bits per heavy atom. The van der Waals surface area contributed by atoms with E-state index in [-0.39, 0.29) is 5.91 Å². The quantitative estimate of drug-likeness (QED) is 0.842. The second kappa shape index (κ2) is 7.54. The summed E-state index contributed by atoms with van der Waals surface area (Å²) in [4.78, 5) is 24.0. The van der Waals surface area contributed by atoms with E-state index in [1.807, 2.05) is 48.5 Å². The van der Waals surface area contributed by atoms with E-state index in [2.05, 4.69) is 23.4 Å². The first kappa shape index (κ1) is 17.9. The molecule has 134 valence electrons. The van der Waals surface area contributed by atoms with Crippen LogP contribution >= 0.6 is 11.3 Å². The normalized spacial score (nSPS) is 16.0. The highest BCUT2D eigenvalue weighted by atomic mass is 32.1. The summed E-state index contributed by atoms with van der Waals surface area (Å²) in [6.07, 6.45) is 2.05. The minimum atomic E-state index is 0.0580. The molecule has 5 nitrogen and oxygen atoms in total. The van der Waals surface area contributed by atoms with Gasteiger partial charge in [-0.3, -0.25) is 4.79 Å². The number of carbonyl (C=O) groups excluding carboxylic acids is 1. The maximum absolute atomic E-state index is 13.1. The number of piperidine rings is 1. The third-order valence-corrected chi connectivity index (χ3v) is 5.59. The molecule has 1 aliphatic rings. The van der Waals surface area contributed by atoms with Crippen LogP contribution in [0.4, 0.5) is 5.82 Å². The van der Waals surface area contributed by atoms with E-state index < -0.39 is 0 Å². The number of aromatic nitrogens is 1. The average Bonchev–Trinajstić information content (AvgIpc) is 3.15. The Labute approximate surface area is 153 Å². The number of hydrogen-bond acceptors (Lipinski definition) is 5. The number of rotatable bonds is 4. The van der Waals surface area contributed by atoms with Gasteiger partial charge in [-0.05, 0) is 56.6 Å². The van der Waals surface area contributed by atoms with Crippen molar-refractivity contribution in [2.75, 3.05) is 46.2 Å². The van der Waals surface area contributed by atoms with Crippen molar-refractivity contribution in [3.05, 3.63) is 34.5 Å². The van der Waals surface area contributed by atoms with Gasteiger partial charge in [-0.25, -0.2) is 4.98 Å². The molecule has 1 amide bonds. The van der Waals surface area contributed by atoms with Gasteiger partial charge in [0.25, 0.3) is 5.91 Å². The predicted octanol–water partition coefficient (Wildman–Crippen LogP) is 3.04. The van der Waals surface area contributed by atoms with E-state index in [1.54, 1.807) is 11.3 Å². The van der Waals surface area contributed by atoms with E-state index in [9.17, 15) is 4.79 Å². The van der Waals surface area contributed by atoms with Crippen molar-refractivity contribution >= 4 is 23.1 Å². The van der Waals surface area contributed by atoms with E-state index in [4.69, 9.17) is 4.98 Å². The largest absolute Gasteiger partial charge is 0.362 e. The Morgan fingerprint density at radius 3 is 2.52 bits per heavy atom. The Balaban J connectivity index is 1.86. The highest BCUT2D eigenvalue weighted by Crippen LogP contribution is 2.27. The molecule has 6 heteroatoms. The molecule has 0 aromatic carbocycles. The van der Waals surface area contributed by atoms with Crippen molar-refractivity contribution in [2.24, 2.45) is 0 Å². The maximum Gasteiger partial charge on any atom is 0.257 e. The lowest BCUT2D eigenvalue weighted by molar-refractivity contribution is 0.0660. The van der Waals surface area contributed by atoms with Crippen molar-refractivity contribution in [3.8, 4) is 11.3 Å². The van der Waals surface area contributed by atoms with Gasteiger partial charge >= 0.3 is 0 Å². The molecule has 3 heterocycles. The van der Waals surface area contributed by atoms with Crippen LogP contribution in [0.25, 0.3) is 11.3 Å². The first-order valence-corrected chi connectivity index (χ1v) is 9.58. The monoisotopic (exact) mass is 358 g/mol. The number of thiophene rings is 1. The van der Waals surface area contributed by atoms with Gasteiger partial charge in [0.1, 0.15) is 5.82 Å². The lowest BCUT2D eigenvalue weighted by Gasteiger charge is -2.35. The van der Waals surface area contributed by atoms with Gasteiger partial charge in [0.15, 0.2) is 0 Å². The third-order valence-electron chi connectivity index (χ3n) is 4.90. The molecule has 3 rings (SSSR count). The number of pyridine rings is 1. The van der Waals surface area contributed by atoms with Gasteiger partial charge in [0, 0.05) is 38.1 Å². The Morgan fingerprint density at radius 2 is 1.92 bits per heavy atom. The fourth-order valence-corrected chi connectivity index (χ4v) is 3.91. The minimum Gasteiger partial charge on any atom is -0.362 e. The second-order valence-electron chi connectivity index (χ2n) is 6.92. The maximum atomic E-state index is 13.1. The van der Waals surface area contributed by atoms with Crippen LogP contribution < -0.4 is 4.90 Å². The van der Waals surface area contributed by atoms with Crippen LogP contribution in [0.3, 0.4) is 0 Å². The molecular weight excluding hydrogens is 332 g/mol. The minimum absolute atomic E-state index is 0.0580. The first-order valence-electron chi connectivity index (χ1n) is 8.64. The molecule has 0 spiro atoms. The molecule has 2 aromatic heterocycles. The molecule has 2 aromatic rings. The predicted molar refractivity (Wildman–Crippen MR) is 104 cm³/mol. The highest BCUT2D eigenvalue weighted by Gasteiger charge is 2.27. The molecule has 0 aliphatic carbocycles. The summed E-state index contributed by atoms with van der Waals surface area (Å²) >= 11 is 1.65. The molecule has 1 saturated heterocycles. The lowest BCUT2D eigenvalue weighted by Crippen LogP contribution is -2.44. The van der Waals surface area contributed by atoms with Crippen molar-refractivity contribution in [1.82, 2.24) is 14.8 Å². The summed E-state index contributed by atoms with van der Waals surface area (Å²) in [6, 6.07) is 6.22. The van der Waals surface area contributed by atoms with Crippen molar-refractivity contribution < 1.29 is 4.79 Å². The summed E-state index contributed by atoms with van der Waals surface area (Å²) in [5.41, 5.74) is 2.67. The van der Waals surface area contributed by atoms with Crippen LogP contribution in [0.15, 0.2) is 29.0 Å². The zero-order chi connectivity index (χ0) is 18.0. The molecule has 1 aliphatic heterocycles. The van der Waals surface area contributed by atoms with Crippen molar-refractivity contribution in [3.63, 3.8) is 0 Å². The summed E-state index contributed by atoms with van der Waals surface area (Å²) in [5, 5.41) is 4.12. The SMILES string of the molecule is CN1CCC(N(C)C(=O)c2ccc(-c3ccsc3)nc2N(C)C)CC1. The fraction of sp³-hybridized carbons (Fsp3) is 0.474. The average molecular weight is 359 g/mol. The van der Waals surface area contributed by atoms with E-state index in [0.717, 1.165) is 43.0 Å². The number of hydrogen-bond donors (Lipinski definition) is 0. The number of nitrogens with zero attached hydrogens (tertiary/aromatic N) is 4. The van der Waals surface area contributed by atoms with Gasteiger partial charge in [-0.1, -0.05) is 0 Å². The van der Waals surface area contributed by atoms with Crippen LogP contribution in [-0.4, -0.2) is 68.0 Å². The van der Waals surface area contributed by atoms with E-state index >= 15 is 0 Å². The summed E-state index contributed by atoms with van der Waals surface area (Å²) in [6.45, 7) is 2.08. The Bertz CT molecular complexity index is 721. The molecule has 1 fully saturated rings. The van der Waals surface area contributed by atoms with Gasteiger partial charge in [-0.15, -0.1) is 0 Å². The molecule has 0 N–H and O–H groups in total. The molecule has 0 atom stereocenters. The highest BCUT2D eigenvalue weighted by molar-refractivity contribution is 7.08.